The lowest BCUT2D eigenvalue weighted by atomic mass is 10.5. The predicted molar refractivity (Wildman–Crippen MR) is 38.5 cm³/mol. The minimum Gasteiger partial charge on any atom is -0.481 e. The molecule has 0 aromatic rings. The summed E-state index contributed by atoms with van der Waals surface area (Å²) in [6, 6.07) is 0. The van der Waals surface area contributed by atoms with E-state index < -0.39 is 5.97 Å². The van der Waals surface area contributed by atoms with E-state index in [0.29, 0.717) is 5.75 Å². The van der Waals surface area contributed by atoms with Gasteiger partial charge in [-0.25, -0.2) is 0 Å². The largest absolute Gasteiger partial charge is 0.481 e. The Labute approximate surface area is 63.1 Å². The fraction of sp³-hybridized carbons (Fsp3) is 0.600. The van der Waals surface area contributed by atoms with E-state index in [9.17, 15) is 9.59 Å². The van der Waals surface area contributed by atoms with E-state index in [1.54, 1.807) is 0 Å². The molecule has 0 heterocycles. The lowest BCUT2D eigenvalue weighted by molar-refractivity contribution is -0.136. The fourth-order valence-corrected chi connectivity index (χ4v) is 0.873. The molecule has 58 valence electrons. The van der Waals surface area contributed by atoms with Gasteiger partial charge in [-0.1, -0.05) is 0 Å². The number of carboxylic acids is 1. The number of carbonyl (C=O) groups is 2. The number of nitrogens with one attached hydrogen (secondary N) is 1. The first-order valence-electron chi connectivity index (χ1n) is 2.73. The van der Waals surface area contributed by atoms with Crippen molar-refractivity contribution in [1.82, 2.24) is 4.72 Å². The monoisotopic (exact) mass is 163 g/mol. The third-order valence-corrected chi connectivity index (χ3v) is 1.47. The quantitative estimate of drug-likeness (QED) is 0.460. The molecule has 5 heteroatoms. The molecule has 0 radical (unpaired) electrons. The molecule has 0 spiro atoms. The topological polar surface area (TPSA) is 66.4 Å². The Balaban J connectivity index is 3.06. The summed E-state index contributed by atoms with van der Waals surface area (Å²) >= 11 is 1.11. The van der Waals surface area contributed by atoms with Gasteiger partial charge >= 0.3 is 5.97 Å². The lowest BCUT2D eigenvalue weighted by Crippen LogP contribution is -2.12. The Morgan fingerprint density at radius 2 is 2.20 bits per heavy atom. The molecule has 0 aromatic carbocycles. The van der Waals surface area contributed by atoms with Crippen LogP contribution < -0.4 is 4.72 Å². The first-order chi connectivity index (χ1) is 4.63. The molecular weight excluding hydrogens is 154 g/mol. The van der Waals surface area contributed by atoms with Gasteiger partial charge in [-0.3, -0.25) is 9.59 Å². The molecule has 0 saturated heterocycles. The Morgan fingerprint density at radius 1 is 1.60 bits per heavy atom. The van der Waals surface area contributed by atoms with Crippen molar-refractivity contribution in [2.24, 2.45) is 0 Å². The maximum Gasteiger partial charge on any atom is 0.304 e. The number of carbonyl (C=O) groups excluding carboxylic acids is 1. The molecule has 0 fully saturated rings. The van der Waals surface area contributed by atoms with Crippen LogP contribution in [0.5, 0.6) is 0 Å². The summed E-state index contributed by atoms with van der Waals surface area (Å²) in [4.78, 5) is 20.1. The van der Waals surface area contributed by atoms with Gasteiger partial charge in [0.05, 0.1) is 6.42 Å². The summed E-state index contributed by atoms with van der Waals surface area (Å²) in [7, 11) is 0. The van der Waals surface area contributed by atoms with Crippen LogP contribution in [-0.4, -0.2) is 22.7 Å². The van der Waals surface area contributed by atoms with Crippen LogP contribution in [0.4, 0.5) is 0 Å². The third-order valence-electron chi connectivity index (χ3n) is 0.634. The highest BCUT2D eigenvalue weighted by atomic mass is 32.2. The van der Waals surface area contributed by atoms with E-state index in [1.165, 1.54) is 6.92 Å². The van der Waals surface area contributed by atoms with Gasteiger partial charge in [-0.2, -0.15) is 0 Å². The summed E-state index contributed by atoms with van der Waals surface area (Å²) in [6.45, 7) is 1.38. The van der Waals surface area contributed by atoms with E-state index >= 15 is 0 Å². The number of rotatable bonds is 4. The molecule has 4 nitrogen and oxygen atoms in total. The van der Waals surface area contributed by atoms with Gasteiger partial charge < -0.3 is 9.83 Å². The highest BCUT2D eigenvalue weighted by Gasteiger charge is 1.96. The Kier molecular flexibility index (Phi) is 4.74. The summed E-state index contributed by atoms with van der Waals surface area (Å²) in [5, 5.41) is 8.15. The van der Waals surface area contributed by atoms with Crippen LogP contribution in [-0.2, 0) is 9.59 Å². The molecule has 0 aromatic heterocycles. The van der Waals surface area contributed by atoms with Crippen molar-refractivity contribution in [2.45, 2.75) is 13.3 Å². The second kappa shape index (κ2) is 5.10. The first kappa shape index (κ1) is 9.29. The fourth-order valence-electron chi connectivity index (χ4n) is 0.291. The molecule has 2 N–H and O–H groups in total. The zero-order chi connectivity index (χ0) is 7.98. The van der Waals surface area contributed by atoms with Crippen molar-refractivity contribution >= 4 is 23.8 Å². The van der Waals surface area contributed by atoms with Gasteiger partial charge in [0.25, 0.3) is 0 Å². The Morgan fingerprint density at radius 3 is 2.60 bits per heavy atom. The standard InChI is InChI=1S/C5H9NO3S/c1-4(7)6-10-3-2-5(8)9/h2-3H2,1H3,(H,6,7)(H,8,9). The predicted octanol–water partition coefficient (Wildman–Crippen LogP) is 0.245. The number of amides is 1. The zero-order valence-corrected chi connectivity index (χ0v) is 6.40. The number of aliphatic carboxylic acids is 1. The summed E-state index contributed by atoms with van der Waals surface area (Å²) < 4.78 is 2.42. The van der Waals surface area contributed by atoms with E-state index in [-0.39, 0.29) is 12.3 Å². The number of hydrogen-bond acceptors (Lipinski definition) is 3. The van der Waals surface area contributed by atoms with Crippen molar-refractivity contribution in [3.8, 4) is 0 Å². The van der Waals surface area contributed by atoms with Gasteiger partial charge in [-0.15, -0.1) is 0 Å². The van der Waals surface area contributed by atoms with E-state index in [2.05, 4.69) is 4.72 Å². The molecule has 1 amide bonds. The maximum absolute atomic E-state index is 10.2. The van der Waals surface area contributed by atoms with Crippen LogP contribution in [0.25, 0.3) is 0 Å². The van der Waals surface area contributed by atoms with Crippen LogP contribution in [0.1, 0.15) is 13.3 Å². The molecule has 0 atom stereocenters. The second-order valence-corrected chi connectivity index (χ2v) is 2.55. The van der Waals surface area contributed by atoms with E-state index in [1.807, 2.05) is 0 Å². The summed E-state index contributed by atoms with van der Waals surface area (Å²) in [6.07, 6.45) is 0.0744. The van der Waals surface area contributed by atoms with Crippen LogP contribution in [0.2, 0.25) is 0 Å². The molecule has 0 unspecified atom stereocenters. The molecule has 0 rings (SSSR count). The minimum absolute atomic E-state index is 0.0744. The SMILES string of the molecule is CC(=O)NSCCC(=O)O. The van der Waals surface area contributed by atoms with E-state index in [0.717, 1.165) is 11.9 Å². The van der Waals surface area contributed by atoms with Gasteiger partial charge in [0.2, 0.25) is 5.91 Å². The smallest absolute Gasteiger partial charge is 0.304 e. The molecule has 0 bridgehead atoms. The van der Waals surface area contributed by atoms with Crippen LogP contribution >= 0.6 is 11.9 Å². The average molecular weight is 163 g/mol. The molecule has 0 saturated carbocycles. The van der Waals surface area contributed by atoms with Crippen molar-refractivity contribution in [3.05, 3.63) is 0 Å². The van der Waals surface area contributed by atoms with Crippen molar-refractivity contribution in [3.63, 3.8) is 0 Å². The molecule has 0 aliphatic carbocycles. The highest BCUT2D eigenvalue weighted by Crippen LogP contribution is 1.95. The normalized spacial score (nSPS) is 8.90. The van der Waals surface area contributed by atoms with Crippen LogP contribution in [0.3, 0.4) is 0 Å². The minimum atomic E-state index is -0.849. The van der Waals surface area contributed by atoms with Crippen molar-refractivity contribution in [2.75, 3.05) is 5.75 Å². The van der Waals surface area contributed by atoms with Crippen molar-refractivity contribution < 1.29 is 14.7 Å². The van der Waals surface area contributed by atoms with Gasteiger partial charge in [-0.05, 0) is 11.9 Å². The molecule has 0 aliphatic rings. The van der Waals surface area contributed by atoms with Crippen LogP contribution in [0.15, 0.2) is 0 Å². The summed E-state index contributed by atoms with van der Waals surface area (Å²) in [5.74, 6) is -0.595. The molecular formula is C5H9NO3S. The second-order valence-electron chi connectivity index (χ2n) is 1.65. The first-order valence-corrected chi connectivity index (χ1v) is 3.71. The van der Waals surface area contributed by atoms with E-state index in [4.69, 9.17) is 5.11 Å². The number of carboxylic acid groups (broad SMARTS) is 1. The molecule has 10 heavy (non-hydrogen) atoms. The third kappa shape index (κ3) is 7.29. The summed E-state index contributed by atoms with van der Waals surface area (Å²) in [5.41, 5.74) is 0. The average Bonchev–Trinajstić information content (AvgIpc) is 1.79. The Bertz CT molecular complexity index is 121. The van der Waals surface area contributed by atoms with Gasteiger partial charge in [0.1, 0.15) is 0 Å². The highest BCUT2D eigenvalue weighted by molar-refractivity contribution is 7.97. The number of hydrogen-bond donors (Lipinski definition) is 2. The Hall–Kier alpha value is -0.710. The van der Waals surface area contributed by atoms with Crippen molar-refractivity contribution in [1.29, 1.82) is 0 Å². The van der Waals surface area contributed by atoms with Gasteiger partial charge in [0, 0.05) is 12.7 Å². The lowest BCUT2D eigenvalue weighted by Gasteiger charge is -1.96. The maximum atomic E-state index is 10.2. The zero-order valence-electron chi connectivity index (χ0n) is 5.59. The van der Waals surface area contributed by atoms with Gasteiger partial charge in [0.15, 0.2) is 0 Å². The molecule has 0 aliphatic heterocycles. The van der Waals surface area contributed by atoms with Crippen LogP contribution in [0, 0.1) is 0 Å².